The number of aromatic carboxylic acids is 1. The van der Waals surface area contributed by atoms with Crippen molar-refractivity contribution in [2.45, 2.75) is 20.4 Å². The van der Waals surface area contributed by atoms with E-state index in [9.17, 15) is 14.7 Å². The van der Waals surface area contributed by atoms with E-state index in [4.69, 9.17) is 4.74 Å². The zero-order valence-corrected chi connectivity index (χ0v) is 20.3. The summed E-state index contributed by atoms with van der Waals surface area (Å²) in [4.78, 5) is 33.0. The largest absolute Gasteiger partial charge is 0.477 e. The van der Waals surface area contributed by atoms with Gasteiger partial charge in [-0.25, -0.2) is 14.2 Å². The van der Waals surface area contributed by atoms with Crippen LogP contribution in [-0.4, -0.2) is 38.9 Å². The van der Waals surface area contributed by atoms with Gasteiger partial charge < -0.3 is 24.7 Å². The fraction of sp³-hybridized carbons (Fsp3) is 0.179. The average molecular weight is 501 g/mol. The van der Waals surface area contributed by atoms with Crippen LogP contribution in [0.1, 0.15) is 39.8 Å². The Morgan fingerprint density at radius 1 is 1.32 bits per heavy atom. The zero-order chi connectivity index (χ0) is 26.1. The Labute approximate surface area is 211 Å². The van der Waals surface area contributed by atoms with Crippen molar-refractivity contribution in [1.29, 1.82) is 0 Å². The molecule has 0 spiro atoms. The van der Waals surface area contributed by atoms with Crippen LogP contribution in [0.3, 0.4) is 0 Å². The van der Waals surface area contributed by atoms with Crippen molar-refractivity contribution in [3.05, 3.63) is 99.0 Å². The normalized spacial score (nSPS) is 16.4. The van der Waals surface area contributed by atoms with Crippen molar-refractivity contribution in [2.24, 2.45) is 0 Å². The molecule has 2 aromatic heterocycles. The molecule has 1 aliphatic rings. The quantitative estimate of drug-likeness (QED) is 0.370. The van der Waals surface area contributed by atoms with Gasteiger partial charge in [-0.2, -0.15) is 0 Å². The maximum Gasteiger partial charge on any atom is 0.353 e. The van der Waals surface area contributed by atoms with E-state index in [0.29, 0.717) is 44.2 Å². The summed E-state index contributed by atoms with van der Waals surface area (Å²) in [5.41, 5.74) is 3.12. The smallest absolute Gasteiger partial charge is 0.353 e. The molecule has 1 aliphatic heterocycles. The summed E-state index contributed by atoms with van der Waals surface area (Å²) in [6, 6.07) is 8.41. The predicted octanol–water partition coefficient (Wildman–Crippen LogP) is 4.58. The number of hydrogen-bond donors (Lipinski definition) is 3. The van der Waals surface area contributed by atoms with Crippen LogP contribution in [0.15, 0.2) is 59.6 Å². The van der Waals surface area contributed by atoms with Crippen molar-refractivity contribution in [1.82, 2.24) is 19.9 Å². The monoisotopic (exact) mass is 500 g/mol. The first kappa shape index (κ1) is 24.2. The van der Waals surface area contributed by atoms with Gasteiger partial charge in [0.2, 0.25) is 0 Å². The third-order valence-electron chi connectivity index (χ3n) is 6.39. The third kappa shape index (κ3) is 4.34. The van der Waals surface area contributed by atoms with E-state index >= 15 is 4.39 Å². The van der Waals surface area contributed by atoms with E-state index in [2.05, 4.69) is 15.3 Å². The molecule has 0 bridgehead atoms. The molecule has 188 valence electrons. The van der Waals surface area contributed by atoms with Crippen molar-refractivity contribution in [3.8, 4) is 0 Å². The number of hydrogen-bond acceptors (Lipinski definition) is 5. The second-order valence-electron chi connectivity index (χ2n) is 8.68. The van der Waals surface area contributed by atoms with Gasteiger partial charge in [-0.05, 0) is 55.5 Å². The van der Waals surface area contributed by atoms with Gasteiger partial charge >= 0.3 is 5.97 Å². The van der Waals surface area contributed by atoms with Crippen LogP contribution < -0.4 is 10.9 Å². The first-order valence-corrected chi connectivity index (χ1v) is 11.8. The van der Waals surface area contributed by atoms with Crippen molar-refractivity contribution >= 4 is 39.6 Å². The van der Waals surface area contributed by atoms with Gasteiger partial charge in [0.05, 0.1) is 29.7 Å². The molecular weight excluding hydrogens is 475 g/mol. The van der Waals surface area contributed by atoms with E-state index < -0.39 is 17.3 Å². The van der Waals surface area contributed by atoms with Crippen molar-refractivity contribution in [2.75, 3.05) is 13.3 Å². The SMILES string of the molecule is C/C=C\c1c(F)cc2c(c1C)c(/C1=C/C=C\NCOC1)c(C(=O)O)n2Cc1nc2ccccc2[nH]c1=O. The molecule has 0 radical (unpaired) electrons. The molecule has 0 unspecified atom stereocenters. The molecule has 5 rings (SSSR count). The molecule has 0 aliphatic carbocycles. The average Bonchev–Trinajstić information content (AvgIpc) is 3.16. The molecule has 3 heterocycles. The summed E-state index contributed by atoms with van der Waals surface area (Å²) >= 11 is 0. The highest BCUT2D eigenvalue weighted by Gasteiger charge is 2.28. The van der Waals surface area contributed by atoms with Gasteiger partial charge in [0.1, 0.15) is 23.9 Å². The summed E-state index contributed by atoms with van der Waals surface area (Å²) < 4.78 is 22.5. The summed E-state index contributed by atoms with van der Waals surface area (Å²) in [5.74, 6) is -1.70. The molecule has 9 heteroatoms. The van der Waals surface area contributed by atoms with E-state index in [1.807, 2.05) is 0 Å². The van der Waals surface area contributed by atoms with Crippen LogP contribution >= 0.6 is 0 Å². The number of aryl methyl sites for hydroxylation is 1. The highest BCUT2D eigenvalue weighted by Crippen LogP contribution is 2.38. The maximum atomic E-state index is 15.3. The lowest BCUT2D eigenvalue weighted by Gasteiger charge is -2.13. The topological polar surface area (TPSA) is 109 Å². The molecule has 0 saturated heterocycles. The summed E-state index contributed by atoms with van der Waals surface area (Å²) in [6.45, 7) is 3.79. The number of fused-ring (bicyclic) bond motifs is 2. The highest BCUT2D eigenvalue weighted by atomic mass is 19.1. The number of halogens is 1. The van der Waals surface area contributed by atoms with Crippen LogP contribution in [-0.2, 0) is 11.3 Å². The fourth-order valence-electron chi connectivity index (χ4n) is 4.78. The number of ether oxygens (including phenoxy) is 1. The van der Waals surface area contributed by atoms with E-state index in [1.165, 1.54) is 10.6 Å². The molecule has 4 aromatic rings. The molecule has 0 atom stereocenters. The Morgan fingerprint density at radius 2 is 2.14 bits per heavy atom. The molecule has 8 nitrogen and oxygen atoms in total. The molecular formula is C28H25FN4O4. The number of nitrogens with one attached hydrogen (secondary N) is 2. The van der Waals surface area contributed by atoms with Gasteiger partial charge in [0.25, 0.3) is 5.56 Å². The lowest BCUT2D eigenvalue weighted by Crippen LogP contribution is -2.21. The fourth-order valence-corrected chi connectivity index (χ4v) is 4.78. The number of aromatic nitrogens is 3. The van der Waals surface area contributed by atoms with E-state index in [-0.39, 0.29) is 31.3 Å². The van der Waals surface area contributed by atoms with Crippen LogP contribution in [0.2, 0.25) is 0 Å². The number of carbonyl (C=O) groups is 1. The molecule has 2 aromatic carbocycles. The molecule has 0 fully saturated rings. The number of benzene rings is 2. The number of carboxylic acids is 1. The highest BCUT2D eigenvalue weighted by molar-refractivity contribution is 6.07. The van der Waals surface area contributed by atoms with E-state index in [0.717, 1.165) is 0 Å². The maximum absolute atomic E-state index is 15.3. The van der Waals surface area contributed by atoms with Crippen LogP contribution in [0.25, 0.3) is 33.6 Å². The molecule has 3 N–H and O–H groups in total. The number of para-hydroxylation sites is 2. The number of allylic oxidation sites excluding steroid dienone is 3. The van der Waals surface area contributed by atoms with Crippen molar-refractivity contribution < 1.29 is 19.0 Å². The number of nitrogens with zero attached hydrogens (tertiary/aromatic N) is 2. The third-order valence-corrected chi connectivity index (χ3v) is 6.39. The summed E-state index contributed by atoms with van der Waals surface area (Å²) in [7, 11) is 0. The lowest BCUT2D eigenvalue weighted by atomic mass is 9.95. The summed E-state index contributed by atoms with van der Waals surface area (Å²) in [6.07, 6.45) is 8.64. The number of H-pyrrole nitrogens is 1. The number of aromatic amines is 1. The number of carboxylic acid groups (broad SMARTS) is 1. The molecule has 0 amide bonds. The first-order valence-electron chi connectivity index (χ1n) is 11.8. The van der Waals surface area contributed by atoms with Crippen LogP contribution in [0, 0.1) is 12.7 Å². The second-order valence-corrected chi connectivity index (χ2v) is 8.68. The first-order chi connectivity index (χ1) is 17.9. The minimum absolute atomic E-state index is 0.0683. The Bertz CT molecular complexity index is 1690. The van der Waals surface area contributed by atoms with Crippen molar-refractivity contribution in [3.63, 3.8) is 0 Å². The van der Waals surface area contributed by atoms with Crippen LogP contribution in [0.4, 0.5) is 4.39 Å². The molecule has 37 heavy (non-hydrogen) atoms. The van der Waals surface area contributed by atoms with Gasteiger partial charge in [-0.1, -0.05) is 30.4 Å². The van der Waals surface area contributed by atoms with Gasteiger partial charge in [-0.15, -0.1) is 0 Å². The zero-order valence-electron chi connectivity index (χ0n) is 20.3. The van der Waals surface area contributed by atoms with Gasteiger partial charge in [-0.3, -0.25) is 4.79 Å². The Hall–Kier alpha value is -4.50. The number of rotatable bonds is 5. The minimum Gasteiger partial charge on any atom is -0.477 e. The lowest BCUT2D eigenvalue weighted by molar-refractivity contribution is 0.0685. The predicted molar refractivity (Wildman–Crippen MR) is 141 cm³/mol. The van der Waals surface area contributed by atoms with E-state index in [1.54, 1.807) is 68.6 Å². The van der Waals surface area contributed by atoms with Crippen LogP contribution in [0.5, 0.6) is 0 Å². The second kappa shape index (κ2) is 9.87. The minimum atomic E-state index is -1.21. The standard InChI is InChI=1S/C28H25FN4O4/c1-3-7-18-16(2)24-23(12-19(18)29)33(13-22-27(34)32-21-10-5-4-9-20(21)31-22)26(28(35)36)25(24)17-8-6-11-30-15-37-14-17/h3-12,30H,13-15H2,1-2H3,(H,32,34)(H,35,36)/b7-3-,11-6-,17-8+. The van der Waals surface area contributed by atoms with Gasteiger partial charge in [0.15, 0.2) is 0 Å². The summed E-state index contributed by atoms with van der Waals surface area (Å²) in [5, 5.41) is 14.0. The Morgan fingerprint density at radius 3 is 2.92 bits per heavy atom. The molecule has 0 saturated carbocycles. The Kier molecular flexibility index (Phi) is 6.45. The Balaban J connectivity index is 1.85. The van der Waals surface area contributed by atoms with Gasteiger partial charge in [0, 0.05) is 16.5 Å².